The van der Waals surface area contributed by atoms with Gasteiger partial charge in [0.15, 0.2) is 5.96 Å². The molecule has 20 heavy (non-hydrogen) atoms. The Kier molecular flexibility index (Phi) is 11.2. The van der Waals surface area contributed by atoms with Crippen molar-refractivity contribution < 1.29 is 4.74 Å². The van der Waals surface area contributed by atoms with E-state index in [4.69, 9.17) is 4.74 Å². The number of guanidine groups is 1. The molecule has 0 fully saturated rings. The van der Waals surface area contributed by atoms with Crippen LogP contribution >= 0.6 is 24.0 Å². The highest BCUT2D eigenvalue weighted by Crippen LogP contribution is 2.07. The van der Waals surface area contributed by atoms with Crippen LogP contribution in [0.2, 0.25) is 0 Å². The van der Waals surface area contributed by atoms with E-state index in [2.05, 4.69) is 36.4 Å². The van der Waals surface area contributed by atoms with Crippen molar-refractivity contribution in [3.05, 3.63) is 30.3 Å². The predicted molar refractivity (Wildman–Crippen MR) is 96.2 cm³/mol. The average molecular weight is 391 g/mol. The Labute approximate surface area is 139 Å². The van der Waals surface area contributed by atoms with E-state index in [-0.39, 0.29) is 24.0 Å². The van der Waals surface area contributed by atoms with Gasteiger partial charge in [-0.1, -0.05) is 32.0 Å². The van der Waals surface area contributed by atoms with E-state index in [0.717, 1.165) is 31.3 Å². The molecule has 0 radical (unpaired) electrons. The maximum atomic E-state index is 5.61. The fraction of sp³-hybridized carbons (Fsp3) is 0.533. The largest absolute Gasteiger partial charge is 0.492 e. The van der Waals surface area contributed by atoms with Crippen molar-refractivity contribution in [1.29, 1.82) is 0 Å². The van der Waals surface area contributed by atoms with Crippen molar-refractivity contribution in [1.82, 2.24) is 10.6 Å². The Balaban J connectivity index is 0.00000361. The Morgan fingerprint density at radius 1 is 1.20 bits per heavy atom. The highest BCUT2D eigenvalue weighted by atomic mass is 127. The van der Waals surface area contributed by atoms with Gasteiger partial charge in [-0.05, 0) is 25.0 Å². The quantitative estimate of drug-likeness (QED) is 0.325. The van der Waals surface area contributed by atoms with Crippen LogP contribution in [0.1, 0.15) is 20.8 Å². The first-order valence-corrected chi connectivity index (χ1v) is 6.92. The van der Waals surface area contributed by atoms with Gasteiger partial charge in [-0.2, -0.15) is 0 Å². The lowest BCUT2D eigenvalue weighted by Crippen LogP contribution is -2.39. The van der Waals surface area contributed by atoms with E-state index < -0.39 is 0 Å². The monoisotopic (exact) mass is 391 g/mol. The van der Waals surface area contributed by atoms with Crippen LogP contribution in [0.3, 0.4) is 0 Å². The van der Waals surface area contributed by atoms with Gasteiger partial charge >= 0.3 is 0 Å². The molecule has 0 amide bonds. The van der Waals surface area contributed by atoms with Gasteiger partial charge in [0.05, 0.1) is 6.54 Å². The first-order valence-electron chi connectivity index (χ1n) is 6.92. The molecule has 4 nitrogen and oxygen atoms in total. The zero-order valence-electron chi connectivity index (χ0n) is 12.6. The van der Waals surface area contributed by atoms with Crippen molar-refractivity contribution in [2.24, 2.45) is 10.9 Å². The van der Waals surface area contributed by atoms with E-state index >= 15 is 0 Å². The summed E-state index contributed by atoms with van der Waals surface area (Å²) in [7, 11) is 0. The van der Waals surface area contributed by atoms with Crippen molar-refractivity contribution in [2.45, 2.75) is 20.8 Å². The Morgan fingerprint density at radius 2 is 1.90 bits per heavy atom. The number of aliphatic imine (C=N–C) groups is 1. The second-order valence-electron chi connectivity index (χ2n) is 4.70. The van der Waals surface area contributed by atoms with Crippen LogP contribution in [0.25, 0.3) is 0 Å². The lowest BCUT2D eigenvalue weighted by Gasteiger charge is -2.12. The maximum absolute atomic E-state index is 5.61. The summed E-state index contributed by atoms with van der Waals surface area (Å²) >= 11 is 0. The van der Waals surface area contributed by atoms with Gasteiger partial charge in [0.1, 0.15) is 12.4 Å². The molecule has 0 aliphatic rings. The van der Waals surface area contributed by atoms with Gasteiger partial charge in [0, 0.05) is 13.1 Å². The molecule has 0 bridgehead atoms. The summed E-state index contributed by atoms with van der Waals surface area (Å²) in [6.07, 6.45) is 0. The molecule has 0 unspecified atom stereocenters. The van der Waals surface area contributed by atoms with E-state index in [0.29, 0.717) is 12.5 Å². The molecule has 0 saturated heterocycles. The summed E-state index contributed by atoms with van der Waals surface area (Å²) in [4.78, 5) is 4.50. The van der Waals surface area contributed by atoms with Gasteiger partial charge in [-0.25, -0.2) is 0 Å². The molecular formula is C15H26IN3O. The van der Waals surface area contributed by atoms with Crippen LogP contribution in [-0.4, -0.2) is 32.2 Å². The standard InChI is InChI=1S/C15H25N3O.HI/c1-4-16-15(18-12-13(2)3)17-10-11-19-14-8-6-5-7-9-14;/h5-9,13H,4,10-12H2,1-3H3,(H2,16,17,18);1H. The van der Waals surface area contributed by atoms with E-state index in [9.17, 15) is 0 Å². The minimum Gasteiger partial charge on any atom is -0.492 e. The van der Waals surface area contributed by atoms with E-state index in [1.54, 1.807) is 0 Å². The summed E-state index contributed by atoms with van der Waals surface area (Å²) in [6.45, 7) is 9.43. The summed E-state index contributed by atoms with van der Waals surface area (Å²) in [6, 6.07) is 9.83. The molecule has 114 valence electrons. The first-order chi connectivity index (χ1) is 9.22. The zero-order valence-corrected chi connectivity index (χ0v) is 14.9. The minimum absolute atomic E-state index is 0. The predicted octanol–water partition coefficient (Wildman–Crippen LogP) is 2.89. The average Bonchev–Trinajstić information content (AvgIpc) is 2.41. The van der Waals surface area contributed by atoms with Gasteiger partial charge in [-0.15, -0.1) is 24.0 Å². The third-order valence-electron chi connectivity index (χ3n) is 2.37. The molecule has 1 aromatic rings. The van der Waals surface area contributed by atoms with Crippen LogP contribution in [-0.2, 0) is 0 Å². The van der Waals surface area contributed by atoms with Gasteiger partial charge in [0.2, 0.25) is 0 Å². The number of hydrogen-bond acceptors (Lipinski definition) is 2. The SMILES string of the molecule is CCNC(=NCC(C)C)NCCOc1ccccc1.I. The Hall–Kier alpha value is -0.980. The second-order valence-corrected chi connectivity index (χ2v) is 4.70. The van der Waals surface area contributed by atoms with Gasteiger partial charge in [-0.3, -0.25) is 4.99 Å². The smallest absolute Gasteiger partial charge is 0.191 e. The van der Waals surface area contributed by atoms with Gasteiger partial charge < -0.3 is 15.4 Å². The van der Waals surface area contributed by atoms with Crippen LogP contribution < -0.4 is 15.4 Å². The number of ether oxygens (including phenoxy) is 1. The number of halogens is 1. The lowest BCUT2D eigenvalue weighted by molar-refractivity contribution is 0.322. The van der Waals surface area contributed by atoms with Crippen molar-refractivity contribution in [3.63, 3.8) is 0 Å². The molecule has 1 aromatic carbocycles. The molecule has 1 rings (SSSR count). The number of benzene rings is 1. The third-order valence-corrected chi connectivity index (χ3v) is 2.37. The number of nitrogens with one attached hydrogen (secondary N) is 2. The second kappa shape index (κ2) is 11.8. The normalized spacial score (nSPS) is 10.9. The maximum Gasteiger partial charge on any atom is 0.191 e. The fourth-order valence-electron chi connectivity index (χ4n) is 1.47. The lowest BCUT2D eigenvalue weighted by atomic mass is 10.2. The van der Waals surface area contributed by atoms with Crippen molar-refractivity contribution in [2.75, 3.05) is 26.2 Å². The molecule has 5 heteroatoms. The van der Waals surface area contributed by atoms with E-state index in [1.165, 1.54) is 0 Å². The van der Waals surface area contributed by atoms with Crippen LogP contribution in [0, 0.1) is 5.92 Å². The fourth-order valence-corrected chi connectivity index (χ4v) is 1.47. The summed E-state index contributed by atoms with van der Waals surface area (Å²) in [5, 5.41) is 6.48. The molecule has 0 saturated carbocycles. The molecule has 0 heterocycles. The molecule has 0 aliphatic heterocycles. The zero-order chi connectivity index (χ0) is 13.9. The van der Waals surface area contributed by atoms with Crippen LogP contribution in [0.15, 0.2) is 35.3 Å². The summed E-state index contributed by atoms with van der Waals surface area (Å²) < 4.78 is 5.61. The van der Waals surface area contributed by atoms with Crippen molar-refractivity contribution in [3.8, 4) is 5.75 Å². The van der Waals surface area contributed by atoms with E-state index in [1.807, 2.05) is 30.3 Å². The summed E-state index contributed by atoms with van der Waals surface area (Å²) in [5.41, 5.74) is 0. The molecule has 0 aliphatic carbocycles. The topological polar surface area (TPSA) is 45.7 Å². The number of para-hydroxylation sites is 1. The number of hydrogen-bond donors (Lipinski definition) is 2. The highest BCUT2D eigenvalue weighted by Gasteiger charge is 1.98. The number of nitrogens with zero attached hydrogens (tertiary/aromatic N) is 1. The minimum atomic E-state index is 0. The molecule has 0 atom stereocenters. The summed E-state index contributed by atoms with van der Waals surface area (Å²) in [5.74, 6) is 2.32. The van der Waals surface area contributed by atoms with Crippen LogP contribution in [0.4, 0.5) is 0 Å². The molecule has 0 aromatic heterocycles. The number of rotatable bonds is 7. The van der Waals surface area contributed by atoms with Gasteiger partial charge in [0.25, 0.3) is 0 Å². The van der Waals surface area contributed by atoms with Crippen molar-refractivity contribution >= 4 is 29.9 Å². The molecule has 0 spiro atoms. The molecule has 2 N–H and O–H groups in total. The molecular weight excluding hydrogens is 365 g/mol. The highest BCUT2D eigenvalue weighted by molar-refractivity contribution is 14.0. The Bertz CT molecular complexity index is 369. The Morgan fingerprint density at radius 3 is 2.50 bits per heavy atom. The third kappa shape index (κ3) is 9.01. The first kappa shape index (κ1) is 19.0. The van der Waals surface area contributed by atoms with Crippen LogP contribution in [0.5, 0.6) is 5.75 Å².